The lowest BCUT2D eigenvalue weighted by Gasteiger charge is -2.19. The van der Waals surface area contributed by atoms with Crippen molar-refractivity contribution in [3.8, 4) is 5.75 Å². The van der Waals surface area contributed by atoms with Gasteiger partial charge in [0.2, 0.25) is 0 Å². The van der Waals surface area contributed by atoms with Gasteiger partial charge in [0.15, 0.2) is 23.5 Å². The highest BCUT2D eigenvalue weighted by Crippen LogP contribution is 2.24. The average Bonchev–Trinajstić information content (AvgIpc) is 2.39. The minimum absolute atomic E-state index is 0.213. The molecule has 0 saturated heterocycles. The van der Waals surface area contributed by atoms with Crippen molar-refractivity contribution in [3.63, 3.8) is 0 Å². The zero-order valence-corrected chi connectivity index (χ0v) is 13.0. The van der Waals surface area contributed by atoms with Crippen LogP contribution in [0.25, 0.3) is 0 Å². The zero-order chi connectivity index (χ0) is 16.2. The molecule has 0 bridgehead atoms. The number of rotatable bonds is 6. The number of benzene rings is 1. The summed E-state index contributed by atoms with van der Waals surface area (Å²) in [5, 5.41) is 3.07. The molecule has 0 spiro atoms. The quantitative estimate of drug-likeness (QED) is 0.876. The third kappa shape index (κ3) is 4.97. The number of nitrogens with one attached hydrogen (secondary N) is 1. The maximum absolute atomic E-state index is 13.9. The van der Waals surface area contributed by atoms with Gasteiger partial charge in [-0.3, -0.25) is 4.79 Å². The minimum Gasteiger partial charge on any atom is -0.475 e. The number of carbonyl (C=O) groups is 1. The fourth-order valence-electron chi connectivity index (χ4n) is 1.74. The van der Waals surface area contributed by atoms with Crippen LogP contribution in [0.15, 0.2) is 12.1 Å². The second-order valence-electron chi connectivity index (χ2n) is 5.42. The third-order valence-corrected chi connectivity index (χ3v) is 2.86. The van der Waals surface area contributed by atoms with Gasteiger partial charge in [-0.25, -0.2) is 8.78 Å². The first kappa shape index (κ1) is 17.4. The van der Waals surface area contributed by atoms with Gasteiger partial charge in [0.25, 0.3) is 5.91 Å². The van der Waals surface area contributed by atoms with Gasteiger partial charge in [-0.15, -0.1) is 0 Å². The topological polar surface area (TPSA) is 41.6 Å². The molecule has 0 radical (unpaired) electrons. The maximum Gasteiger partial charge on any atom is 0.262 e. The van der Waals surface area contributed by atoms with E-state index in [1.54, 1.807) is 14.1 Å². The lowest BCUT2D eigenvalue weighted by atomic mass is 10.2. The molecule has 1 rings (SSSR count). The monoisotopic (exact) mass is 300 g/mol. The van der Waals surface area contributed by atoms with E-state index < -0.39 is 23.5 Å². The molecule has 6 heteroatoms. The number of amides is 1. The van der Waals surface area contributed by atoms with E-state index in [4.69, 9.17) is 4.74 Å². The van der Waals surface area contributed by atoms with Crippen LogP contribution in [0.3, 0.4) is 0 Å². The summed E-state index contributed by atoms with van der Waals surface area (Å²) in [6.45, 7) is 5.70. The Bertz CT molecular complexity index is 481. The summed E-state index contributed by atoms with van der Waals surface area (Å²) >= 11 is 0. The van der Waals surface area contributed by atoms with Gasteiger partial charge < -0.3 is 15.0 Å². The number of hydrogen-bond donors (Lipinski definition) is 1. The van der Waals surface area contributed by atoms with E-state index in [2.05, 4.69) is 5.32 Å². The molecule has 0 aliphatic heterocycles. The first-order valence-corrected chi connectivity index (χ1v) is 6.81. The van der Waals surface area contributed by atoms with Crippen LogP contribution in [-0.2, 0) is 11.3 Å². The zero-order valence-electron chi connectivity index (χ0n) is 13.0. The van der Waals surface area contributed by atoms with Crippen LogP contribution in [0.5, 0.6) is 5.75 Å². The molecule has 1 atom stereocenters. The summed E-state index contributed by atoms with van der Waals surface area (Å²) < 4.78 is 33.0. The molecule has 1 amide bonds. The lowest BCUT2D eigenvalue weighted by molar-refractivity contribution is -0.135. The summed E-state index contributed by atoms with van der Waals surface area (Å²) in [4.78, 5) is 13.0. The Morgan fingerprint density at radius 3 is 2.19 bits per heavy atom. The molecule has 0 aliphatic rings. The fourth-order valence-corrected chi connectivity index (χ4v) is 1.74. The summed E-state index contributed by atoms with van der Waals surface area (Å²) in [5.41, 5.74) is 0.484. The number of carbonyl (C=O) groups excluding carboxylic acids is 1. The average molecular weight is 300 g/mol. The van der Waals surface area contributed by atoms with E-state index in [-0.39, 0.29) is 11.9 Å². The summed E-state index contributed by atoms with van der Waals surface area (Å²) in [6, 6.07) is 2.63. The van der Waals surface area contributed by atoms with Crippen molar-refractivity contribution < 1.29 is 18.3 Å². The lowest BCUT2D eigenvalue weighted by Crippen LogP contribution is -2.35. The highest BCUT2D eigenvalue weighted by atomic mass is 19.1. The van der Waals surface area contributed by atoms with E-state index in [0.717, 1.165) is 0 Å². The van der Waals surface area contributed by atoms with Crippen molar-refractivity contribution in [3.05, 3.63) is 29.3 Å². The van der Waals surface area contributed by atoms with Gasteiger partial charge in [-0.2, -0.15) is 0 Å². The fraction of sp³-hybridized carbons (Fsp3) is 0.533. The van der Waals surface area contributed by atoms with Crippen LogP contribution in [0, 0.1) is 11.6 Å². The van der Waals surface area contributed by atoms with Crippen molar-refractivity contribution in [2.24, 2.45) is 0 Å². The highest BCUT2D eigenvalue weighted by molar-refractivity contribution is 5.80. The molecule has 118 valence electrons. The summed E-state index contributed by atoms with van der Waals surface area (Å²) in [5.74, 6) is -2.51. The number of likely N-dealkylation sites (N-methyl/N-ethyl adjacent to an activating group) is 1. The van der Waals surface area contributed by atoms with Crippen molar-refractivity contribution in [1.82, 2.24) is 10.2 Å². The number of nitrogens with zero attached hydrogens (tertiary/aromatic N) is 1. The standard InChI is InChI=1S/C15H22F2N2O2/c1-9(2)18-8-11-6-12(16)14(13(17)7-11)21-10(3)15(20)19(4)5/h6-7,9-10,18H,8H2,1-5H3. The van der Waals surface area contributed by atoms with E-state index in [9.17, 15) is 13.6 Å². The molecule has 0 fully saturated rings. The van der Waals surface area contributed by atoms with E-state index >= 15 is 0 Å². The normalized spacial score (nSPS) is 12.4. The van der Waals surface area contributed by atoms with Crippen LogP contribution in [0.4, 0.5) is 8.78 Å². The van der Waals surface area contributed by atoms with Gasteiger partial charge in [0.05, 0.1) is 0 Å². The molecule has 0 saturated carbocycles. The molecule has 1 aromatic carbocycles. The van der Waals surface area contributed by atoms with Gasteiger partial charge >= 0.3 is 0 Å². The number of ether oxygens (including phenoxy) is 1. The Morgan fingerprint density at radius 1 is 1.24 bits per heavy atom. The van der Waals surface area contributed by atoms with Gasteiger partial charge in [0, 0.05) is 26.7 Å². The molecular formula is C15H22F2N2O2. The van der Waals surface area contributed by atoms with Crippen LogP contribution < -0.4 is 10.1 Å². The Kier molecular flexibility index (Phi) is 6.08. The molecule has 0 aliphatic carbocycles. The van der Waals surface area contributed by atoms with Crippen LogP contribution in [-0.4, -0.2) is 37.0 Å². The summed E-state index contributed by atoms with van der Waals surface area (Å²) in [6.07, 6.45) is -0.955. The molecule has 21 heavy (non-hydrogen) atoms. The smallest absolute Gasteiger partial charge is 0.262 e. The number of hydrogen-bond acceptors (Lipinski definition) is 3. The third-order valence-electron chi connectivity index (χ3n) is 2.86. The van der Waals surface area contributed by atoms with Crippen molar-refractivity contribution in [1.29, 1.82) is 0 Å². The van der Waals surface area contributed by atoms with Crippen molar-refractivity contribution >= 4 is 5.91 Å². The molecule has 1 aromatic rings. The van der Waals surface area contributed by atoms with E-state index in [0.29, 0.717) is 12.1 Å². The SMILES string of the molecule is CC(C)NCc1cc(F)c(OC(C)C(=O)N(C)C)c(F)c1. The first-order chi connectivity index (χ1) is 9.72. The predicted molar refractivity (Wildman–Crippen MR) is 77.1 cm³/mol. The van der Waals surface area contributed by atoms with Crippen LogP contribution in [0.2, 0.25) is 0 Å². The highest BCUT2D eigenvalue weighted by Gasteiger charge is 2.21. The Hall–Kier alpha value is -1.69. The Morgan fingerprint density at radius 2 is 1.76 bits per heavy atom. The van der Waals surface area contributed by atoms with Crippen LogP contribution in [0.1, 0.15) is 26.3 Å². The largest absolute Gasteiger partial charge is 0.475 e. The second-order valence-corrected chi connectivity index (χ2v) is 5.42. The molecule has 0 aromatic heterocycles. The van der Waals surface area contributed by atoms with Gasteiger partial charge in [-0.1, -0.05) is 13.8 Å². The predicted octanol–water partition coefficient (Wildman–Crippen LogP) is 2.32. The second kappa shape index (κ2) is 7.36. The van der Waals surface area contributed by atoms with Crippen molar-refractivity contribution in [2.45, 2.75) is 39.5 Å². The van der Waals surface area contributed by atoms with Crippen molar-refractivity contribution in [2.75, 3.05) is 14.1 Å². The molecule has 4 nitrogen and oxygen atoms in total. The first-order valence-electron chi connectivity index (χ1n) is 6.81. The molecule has 1 unspecified atom stereocenters. The van der Waals surface area contributed by atoms with E-state index in [1.165, 1.54) is 24.0 Å². The molecular weight excluding hydrogens is 278 g/mol. The van der Waals surface area contributed by atoms with Crippen LogP contribution >= 0.6 is 0 Å². The van der Waals surface area contributed by atoms with Gasteiger partial charge in [-0.05, 0) is 24.6 Å². The van der Waals surface area contributed by atoms with E-state index in [1.807, 2.05) is 13.8 Å². The maximum atomic E-state index is 13.9. The Labute approximate surface area is 124 Å². The minimum atomic E-state index is -0.955. The number of halogens is 2. The molecule has 1 N–H and O–H groups in total. The van der Waals surface area contributed by atoms with Gasteiger partial charge in [0.1, 0.15) is 0 Å². The summed E-state index contributed by atoms with van der Waals surface area (Å²) in [7, 11) is 3.10. The Balaban J connectivity index is 2.87. The molecule has 0 heterocycles.